The van der Waals surface area contributed by atoms with Gasteiger partial charge in [-0.05, 0) is 56.4 Å². The molecular weight excluding hydrogens is 305 g/mol. The number of sulfone groups is 1. The third-order valence-corrected chi connectivity index (χ3v) is 6.74. The van der Waals surface area contributed by atoms with E-state index < -0.39 is 15.6 Å². The highest BCUT2D eigenvalue weighted by molar-refractivity contribution is 7.93. The van der Waals surface area contributed by atoms with Gasteiger partial charge in [-0.1, -0.05) is 6.07 Å². The van der Waals surface area contributed by atoms with Crippen LogP contribution in [0.3, 0.4) is 0 Å². The molecule has 0 N–H and O–H groups in total. The summed E-state index contributed by atoms with van der Waals surface area (Å²) in [6.07, 6.45) is 1.89. The Morgan fingerprint density at radius 2 is 2.00 bits per heavy atom. The van der Waals surface area contributed by atoms with Crippen molar-refractivity contribution >= 4 is 15.7 Å². The number of carbonyl (C=O) groups is 1. The second-order valence-corrected chi connectivity index (χ2v) is 8.66. The van der Waals surface area contributed by atoms with E-state index >= 15 is 0 Å². The van der Waals surface area contributed by atoms with Crippen molar-refractivity contribution < 1.29 is 17.6 Å². The highest BCUT2D eigenvalue weighted by Crippen LogP contribution is 2.34. The van der Waals surface area contributed by atoms with Gasteiger partial charge >= 0.3 is 0 Å². The van der Waals surface area contributed by atoms with E-state index in [9.17, 15) is 17.6 Å². The van der Waals surface area contributed by atoms with E-state index in [-0.39, 0.29) is 29.1 Å². The number of benzene rings is 1. The Labute approximate surface area is 130 Å². The lowest BCUT2D eigenvalue weighted by atomic mass is 9.89. The lowest BCUT2D eigenvalue weighted by Crippen LogP contribution is -2.47. The minimum Gasteiger partial charge on any atom is -0.332 e. The molecule has 1 aromatic carbocycles. The van der Waals surface area contributed by atoms with Crippen LogP contribution in [0.2, 0.25) is 0 Å². The largest absolute Gasteiger partial charge is 0.332 e. The Kier molecular flexibility index (Phi) is 3.75. The molecule has 1 aliphatic heterocycles. The first-order valence-electron chi connectivity index (χ1n) is 7.60. The molecule has 0 radical (unpaired) electrons. The van der Waals surface area contributed by atoms with E-state index in [2.05, 4.69) is 0 Å². The monoisotopic (exact) mass is 325 g/mol. The molecule has 22 heavy (non-hydrogen) atoms. The molecular formula is C16H20FNO3S. The molecule has 1 saturated carbocycles. The first-order valence-corrected chi connectivity index (χ1v) is 9.32. The van der Waals surface area contributed by atoms with Crippen molar-refractivity contribution in [2.75, 3.05) is 5.75 Å². The minimum absolute atomic E-state index is 0.133. The van der Waals surface area contributed by atoms with E-state index in [1.165, 1.54) is 12.1 Å². The van der Waals surface area contributed by atoms with Gasteiger partial charge in [0.2, 0.25) is 5.91 Å². The van der Waals surface area contributed by atoms with Crippen LogP contribution in [0.15, 0.2) is 18.2 Å². The van der Waals surface area contributed by atoms with Gasteiger partial charge in [-0.15, -0.1) is 0 Å². The zero-order valence-corrected chi connectivity index (χ0v) is 13.6. The number of rotatable bonds is 3. The van der Waals surface area contributed by atoms with Crippen LogP contribution in [0, 0.1) is 5.82 Å². The molecule has 1 heterocycles. The predicted molar refractivity (Wildman–Crippen MR) is 81.6 cm³/mol. The Morgan fingerprint density at radius 3 is 2.64 bits per heavy atom. The minimum atomic E-state index is -3.32. The molecule has 1 aliphatic carbocycles. The third-order valence-electron chi connectivity index (χ3n) is 4.61. The molecule has 1 amide bonds. The van der Waals surface area contributed by atoms with Crippen molar-refractivity contribution in [3.05, 3.63) is 35.1 Å². The standard InChI is InChI=1S/C16H20FNO3S/c1-10-7-12-8-13(17)3-6-15(12)11(2)18(10)16(19)9-22(20,21)14-4-5-14/h3,6,8,10-11,14H,4-5,7,9H2,1-2H3. The van der Waals surface area contributed by atoms with Crippen LogP contribution in [-0.4, -0.2) is 36.3 Å². The highest BCUT2D eigenvalue weighted by Gasteiger charge is 2.40. The molecule has 0 spiro atoms. The SMILES string of the molecule is CC1Cc2cc(F)ccc2C(C)N1C(=O)CS(=O)(=O)C1CC1. The summed E-state index contributed by atoms with van der Waals surface area (Å²) in [4.78, 5) is 14.2. The summed E-state index contributed by atoms with van der Waals surface area (Å²) in [5.74, 6) is -1.04. The molecule has 1 aromatic rings. The average molecular weight is 325 g/mol. The molecule has 6 heteroatoms. The summed E-state index contributed by atoms with van der Waals surface area (Å²) in [5.41, 5.74) is 1.80. The fourth-order valence-corrected chi connectivity index (χ4v) is 4.94. The highest BCUT2D eigenvalue weighted by atomic mass is 32.2. The summed E-state index contributed by atoms with van der Waals surface area (Å²) in [5, 5.41) is -0.326. The maximum atomic E-state index is 13.4. The summed E-state index contributed by atoms with van der Waals surface area (Å²) in [6, 6.07) is 4.21. The van der Waals surface area contributed by atoms with Crippen molar-refractivity contribution in [1.29, 1.82) is 0 Å². The summed E-state index contributed by atoms with van der Waals surface area (Å²) < 4.78 is 37.5. The molecule has 120 valence electrons. The van der Waals surface area contributed by atoms with E-state index in [1.54, 1.807) is 11.0 Å². The summed E-state index contributed by atoms with van der Waals surface area (Å²) >= 11 is 0. The Morgan fingerprint density at radius 1 is 1.32 bits per heavy atom. The van der Waals surface area contributed by atoms with Crippen LogP contribution in [0.5, 0.6) is 0 Å². The fraction of sp³-hybridized carbons (Fsp3) is 0.562. The normalized spacial score (nSPS) is 25.0. The molecule has 0 saturated heterocycles. The molecule has 1 fully saturated rings. The van der Waals surface area contributed by atoms with Gasteiger partial charge in [0, 0.05) is 6.04 Å². The molecule has 4 nitrogen and oxygen atoms in total. The maximum absolute atomic E-state index is 13.4. The van der Waals surface area contributed by atoms with Crippen molar-refractivity contribution in [2.45, 2.75) is 50.4 Å². The second kappa shape index (κ2) is 5.33. The average Bonchev–Trinajstić information content (AvgIpc) is 3.21. The van der Waals surface area contributed by atoms with Crippen molar-refractivity contribution in [3.8, 4) is 0 Å². The van der Waals surface area contributed by atoms with Crippen LogP contribution in [0.1, 0.15) is 43.9 Å². The quantitative estimate of drug-likeness (QED) is 0.856. The number of nitrogens with zero attached hydrogens (tertiary/aromatic N) is 1. The third kappa shape index (κ3) is 2.76. The number of hydrogen-bond acceptors (Lipinski definition) is 3. The first-order chi connectivity index (χ1) is 10.3. The second-order valence-electron chi connectivity index (χ2n) is 6.38. The molecule has 0 aromatic heterocycles. The molecule has 3 rings (SSSR count). The van der Waals surface area contributed by atoms with Crippen LogP contribution < -0.4 is 0 Å². The summed E-state index contributed by atoms with van der Waals surface area (Å²) in [7, 11) is -3.32. The number of hydrogen-bond donors (Lipinski definition) is 0. The van der Waals surface area contributed by atoms with Gasteiger partial charge in [0.1, 0.15) is 11.6 Å². The van der Waals surface area contributed by atoms with Gasteiger partial charge in [-0.25, -0.2) is 12.8 Å². The van der Waals surface area contributed by atoms with Gasteiger partial charge < -0.3 is 4.90 Å². The zero-order chi connectivity index (χ0) is 16.1. The number of halogens is 1. The smallest absolute Gasteiger partial charge is 0.238 e. The lowest BCUT2D eigenvalue weighted by Gasteiger charge is -2.40. The molecule has 2 aliphatic rings. The van der Waals surface area contributed by atoms with E-state index in [4.69, 9.17) is 0 Å². The van der Waals surface area contributed by atoms with E-state index in [1.807, 2.05) is 13.8 Å². The van der Waals surface area contributed by atoms with Crippen LogP contribution in [0.4, 0.5) is 4.39 Å². The zero-order valence-electron chi connectivity index (χ0n) is 12.8. The van der Waals surface area contributed by atoms with Gasteiger partial charge in [-0.3, -0.25) is 4.79 Å². The van der Waals surface area contributed by atoms with E-state index in [0.29, 0.717) is 19.3 Å². The topological polar surface area (TPSA) is 54.5 Å². The first kappa shape index (κ1) is 15.5. The number of amides is 1. The van der Waals surface area contributed by atoms with Crippen LogP contribution >= 0.6 is 0 Å². The summed E-state index contributed by atoms with van der Waals surface area (Å²) in [6.45, 7) is 3.75. The van der Waals surface area contributed by atoms with Gasteiger partial charge in [0.25, 0.3) is 0 Å². The van der Waals surface area contributed by atoms with Crippen LogP contribution in [0.25, 0.3) is 0 Å². The van der Waals surface area contributed by atoms with Gasteiger partial charge in [-0.2, -0.15) is 0 Å². The molecule has 2 atom stereocenters. The number of fused-ring (bicyclic) bond motifs is 1. The Bertz CT molecular complexity index is 712. The fourth-order valence-electron chi connectivity index (χ4n) is 3.36. The van der Waals surface area contributed by atoms with Crippen LogP contribution in [-0.2, 0) is 21.1 Å². The maximum Gasteiger partial charge on any atom is 0.238 e. The predicted octanol–water partition coefficient (Wildman–Crippen LogP) is 2.24. The van der Waals surface area contributed by atoms with Gasteiger partial charge in [0.05, 0.1) is 11.3 Å². The number of carbonyl (C=O) groups excluding carboxylic acids is 1. The molecule has 0 bridgehead atoms. The Hall–Kier alpha value is -1.43. The molecule has 2 unspecified atom stereocenters. The van der Waals surface area contributed by atoms with Crippen molar-refractivity contribution in [2.24, 2.45) is 0 Å². The lowest BCUT2D eigenvalue weighted by molar-refractivity contribution is -0.133. The van der Waals surface area contributed by atoms with E-state index in [0.717, 1.165) is 11.1 Å². The van der Waals surface area contributed by atoms with Crippen molar-refractivity contribution in [1.82, 2.24) is 4.90 Å². The van der Waals surface area contributed by atoms with Gasteiger partial charge in [0.15, 0.2) is 9.84 Å². The Balaban J connectivity index is 1.84. The van der Waals surface area contributed by atoms with Crippen molar-refractivity contribution in [3.63, 3.8) is 0 Å².